The van der Waals surface area contributed by atoms with E-state index in [1.807, 2.05) is 0 Å². The van der Waals surface area contributed by atoms with Gasteiger partial charge in [0.1, 0.15) is 25.4 Å². The van der Waals surface area contributed by atoms with E-state index < -0.39 is 25.4 Å². The number of hydrogen-bond acceptors (Lipinski definition) is 0. The Hall–Kier alpha value is -0.650. The molecule has 0 heterocycles. The largest absolute Gasteiger partial charge is 0.249 e. The maximum absolute atomic E-state index is 11.7. The monoisotopic (exact) mass is 135 g/mol. The Balaban J connectivity index is 4.04. The van der Waals surface area contributed by atoms with Crippen molar-refractivity contribution in [2.24, 2.45) is 5.41 Å². The molecular formula is C6H6F3. The summed E-state index contributed by atoms with van der Waals surface area (Å²) in [7, 11) is 0. The van der Waals surface area contributed by atoms with Gasteiger partial charge in [0.15, 0.2) is 0 Å². The highest BCUT2D eigenvalue weighted by Gasteiger charge is 2.28. The molecule has 0 aromatic heterocycles. The summed E-state index contributed by atoms with van der Waals surface area (Å²) >= 11 is 0. The van der Waals surface area contributed by atoms with Gasteiger partial charge in [-0.1, -0.05) is 5.92 Å². The zero-order valence-corrected chi connectivity index (χ0v) is 4.76. The molecule has 0 bridgehead atoms. The van der Waals surface area contributed by atoms with Crippen LogP contribution in [0, 0.1) is 17.8 Å². The van der Waals surface area contributed by atoms with Crippen LogP contribution in [0.5, 0.6) is 0 Å². The standard InChI is InChI=1S/C6H6F3/c1-2-6(3-7,4-8)5-9/h3-5H2. The summed E-state index contributed by atoms with van der Waals surface area (Å²) in [6.45, 7) is -3.61. The lowest BCUT2D eigenvalue weighted by atomic mass is 9.95. The second-order valence-corrected chi connectivity index (χ2v) is 1.81. The number of rotatable bonds is 3. The summed E-state index contributed by atoms with van der Waals surface area (Å²) in [5.41, 5.74) is -1.92. The topological polar surface area (TPSA) is 0 Å². The quantitative estimate of drug-likeness (QED) is 0.514. The van der Waals surface area contributed by atoms with Gasteiger partial charge in [0.05, 0.1) is 0 Å². The molecule has 51 valence electrons. The van der Waals surface area contributed by atoms with E-state index in [1.165, 1.54) is 5.92 Å². The Kier molecular flexibility index (Phi) is 3.15. The molecule has 0 aliphatic heterocycles. The van der Waals surface area contributed by atoms with Crippen LogP contribution in [0.1, 0.15) is 0 Å². The molecule has 0 aromatic carbocycles. The van der Waals surface area contributed by atoms with Gasteiger partial charge in [-0.3, -0.25) is 0 Å². The van der Waals surface area contributed by atoms with Gasteiger partial charge in [-0.05, 0) is 6.42 Å². The van der Waals surface area contributed by atoms with Gasteiger partial charge in [0.2, 0.25) is 0 Å². The first kappa shape index (κ1) is 8.35. The number of halogens is 3. The summed E-state index contributed by atoms with van der Waals surface area (Å²) in [5, 5.41) is 0. The predicted molar refractivity (Wildman–Crippen MR) is 27.5 cm³/mol. The molecule has 0 spiro atoms. The van der Waals surface area contributed by atoms with Crippen LogP contribution in [0.4, 0.5) is 13.2 Å². The second kappa shape index (κ2) is 3.39. The van der Waals surface area contributed by atoms with E-state index in [9.17, 15) is 13.2 Å². The maximum atomic E-state index is 11.7. The molecular weight excluding hydrogens is 129 g/mol. The highest BCUT2D eigenvalue weighted by atomic mass is 19.1. The first-order valence-electron chi connectivity index (χ1n) is 2.36. The van der Waals surface area contributed by atoms with Crippen LogP contribution in [0.25, 0.3) is 0 Å². The fourth-order valence-corrected chi connectivity index (χ4v) is 0.207. The molecule has 0 rings (SSSR count). The van der Waals surface area contributed by atoms with E-state index in [0.29, 0.717) is 0 Å². The third-order valence-corrected chi connectivity index (χ3v) is 1.03. The van der Waals surface area contributed by atoms with Crippen LogP contribution >= 0.6 is 0 Å². The third kappa shape index (κ3) is 1.63. The molecule has 0 aromatic rings. The van der Waals surface area contributed by atoms with Crippen LogP contribution in [0.15, 0.2) is 0 Å². The normalized spacial score (nSPS) is 10.9. The number of alkyl halides is 3. The lowest BCUT2D eigenvalue weighted by Gasteiger charge is -2.14. The van der Waals surface area contributed by atoms with Crippen LogP contribution in [0.3, 0.4) is 0 Å². The minimum absolute atomic E-state index is 1.20. The molecule has 3 heteroatoms. The molecule has 0 aliphatic carbocycles. The zero-order chi connectivity index (χ0) is 7.33. The van der Waals surface area contributed by atoms with E-state index in [0.717, 1.165) is 0 Å². The SMILES string of the molecule is [C]#CC(CF)(CF)CF. The van der Waals surface area contributed by atoms with Gasteiger partial charge in [-0.2, -0.15) is 0 Å². The van der Waals surface area contributed by atoms with Gasteiger partial charge in [0.25, 0.3) is 0 Å². The highest BCUT2D eigenvalue weighted by Crippen LogP contribution is 2.17. The average Bonchev–Trinajstić information content (AvgIpc) is 1.95. The Labute approximate surface area is 52.1 Å². The minimum atomic E-state index is -1.92. The van der Waals surface area contributed by atoms with Crippen LogP contribution in [-0.2, 0) is 0 Å². The van der Waals surface area contributed by atoms with Gasteiger partial charge in [0, 0.05) is 0 Å². The molecule has 9 heavy (non-hydrogen) atoms. The van der Waals surface area contributed by atoms with E-state index in [-0.39, 0.29) is 0 Å². The van der Waals surface area contributed by atoms with Crippen molar-refractivity contribution < 1.29 is 13.2 Å². The van der Waals surface area contributed by atoms with Gasteiger partial charge in [-0.15, -0.1) is 0 Å². The first-order chi connectivity index (χ1) is 4.24. The fourth-order valence-electron chi connectivity index (χ4n) is 0.207. The average molecular weight is 135 g/mol. The smallest absolute Gasteiger partial charge is 0.117 e. The molecule has 0 fully saturated rings. The molecule has 0 nitrogen and oxygen atoms in total. The molecule has 1 radical (unpaired) electrons. The van der Waals surface area contributed by atoms with Crippen molar-refractivity contribution in [3.63, 3.8) is 0 Å². The molecule has 0 atom stereocenters. The van der Waals surface area contributed by atoms with Crippen molar-refractivity contribution in [3.05, 3.63) is 6.42 Å². The van der Waals surface area contributed by atoms with Crippen LogP contribution in [0.2, 0.25) is 0 Å². The van der Waals surface area contributed by atoms with E-state index >= 15 is 0 Å². The molecule has 0 amide bonds. The minimum Gasteiger partial charge on any atom is -0.249 e. The summed E-state index contributed by atoms with van der Waals surface area (Å²) in [5.74, 6) is 1.49. The second-order valence-electron chi connectivity index (χ2n) is 1.81. The fraction of sp³-hybridized carbons (Fsp3) is 0.667. The molecule has 0 saturated heterocycles. The Morgan fingerprint density at radius 1 is 1.11 bits per heavy atom. The van der Waals surface area contributed by atoms with Gasteiger partial charge < -0.3 is 0 Å². The predicted octanol–water partition coefficient (Wildman–Crippen LogP) is 1.47. The Bertz CT molecular complexity index is 102. The number of hydrogen-bond donors (Lipinski definition) is 0. The van der Waals surface area contributed by atoms with Crippen molar-refractivity contribution in [2.75, 3.05) is 20.0 Å². The Morgan fingerprint density at radius 3 is 1.44 bits per heavy atom. The molecule has 0 saturated carbocycles. The van der Waals surface area contributed by atoms with Crippen molar-refractivity contribution in [1.82, 2.24) is 0 Å². The summed E-state index contributed by atoms with van der Waals surface area (Å²) in [4.78, 5) is 0. The van der Waals surface area contributed by atoms with Crippen LogP contribution in [-0.4, -0.2) is 20.0 Å². The summed E-state index contributed by atoms with van der Waals surface area (Å²) in [6.07, 6.45) is 6.34. The van der Waals surface area contributed by atoms with Gasteiger partial charge >= 0.3 is 0 Å². The third-order valence-electron chi connectivity index (χ3n) is 1.03. The highest BCUT2D eigenvalue weighted by molar-refractivity contribution is 5.01. The van der Waals surface area contributed by atoms with E-state index in [4.69, 9.17) is 6.42 Å². The first-order valence-corrected chi connectivity index (χ1v) is 2.36. The van der Waals surface area contributed by atoms with Gasteiger partial charge in [-0.25, -0.2) is 13.2 Å². The van der Waals surface area contributed by atoms with Crippen molar-refractivity contribution in [2.45, 2.75) is 0 Å². The summed E-state index contributed by atoms with van der Waals surface area (Å²) in [6, 6.07) is 0. The lowest BCUT2D eigenvalue weighted by molar-refractivity contribution is 0.173. The molecule has 0 N–H and O–H groups in total. The van der Waals surface area contributed by atoms with E-state index in [1.54, 1.807) is 0 Å². The van der Waals surface area contributed by atoms with Crippen molar-refractivity contribution in [1.29, 1.82) is 0 Å². The summed E-state index contributed by atoms with van der Waals surface area (Å²) < 4.78 is 35.0. The van der Waals surface area contributed by atoms with Crippen molar-refractivity contribution >= 4 is 0 Å². The molecule has 0 aliphatic rings. The van der Waals surface area contributed by atoms with Crippen molar-refractivity contribution in [3.8, 4) is 5.92 Å². The lowest BCUT2D eigenvalue weighted by Crippen LogP contribution is -2.26. The maximum Gasteiger partial charge on any atom is 0.117 e. The van der Waals surface area contributed by atoms with Crippen LogP contribution < -0.4 is 0 Å². The zero-order valence-electron chi connectivity index (χ0n) is 4.76. The molecule has 0 unspecified atom stereocenters. The van der Waals surface area contributed by atoms with E-state index in [2.05, 4.69) is 0 Å². The Morgan fingerprint density at radius 2 is 1.44 bits per heavy atom.